The number of aromatic nitrogens is 2. The van der Waals surface area contributed by atoms with Gasteiger partial charge in [-0.1, -0.05) is 6.07 Å². The van der Waals surface area contributed by atoms with Gasteiger partial charge < -0.3 is 10.5 Å². The SMILES string of the molecule is NC1=NC(CF)(c2cccc(CC(=O)c3ccc(Br)cn3)n2)COC1. The number of alkyl halides is 1. The molecule has 130 valence electrons. The van der Waals surface area contributed by atoms with Crippen LogP contribution in [0.3, 0.4) is 0 Å². The van der Waals surface area contributed by atoms with Gasteiger partial charge >= 0.3 is 0 Å². The molecule has 3 rings (SSSR count). The molecule has 0 radical (unpaired) electrons. The van der Waals surface area contributed by atoms with E-state index in [2.05, 4.69) is 30.9 Å². The fourth-order valence-corrected chi connectivity index (χ4v) is 2.80. The van der Waals surface area contributed by atoms with Gasteiger partial charge in [0.1, 0.15) is 24.8 Å². The van der Waals surface area contributed by atoms with Crippen molar-refractivity contribution in [3.05, 3.63) is 58.1 Å². The minimum Gasteiger partial charge on any atom is -0.385 e. The highest BCUT2D eigenvalue weighted by Gasteiger charge is 2.37. The van der Waals surface area contributed by atoms with E-state index in [1.807, 2.05) is 0 Å². The van der Waals surface area contributed by atoms with E-state index >= 15 is 0 Å². The van der Waals surface area contributed by atoms with Crippen molar-refractivity contribution < 1.29 is 13.9 Å². The van der Waals surface area contributed by atoms with E-state index in [4.69, 9.17) is 10.5 Å². The van der Waals surface area contributed by atoms with Crippen LogP contribution in [0.4, 0.5) is 4.39 Å². The number of nitrogens with zero attached hydrogens (tertiary/aromatic N) is 3. The Labute approximate surface area is 152 Å². The first-order chi connectivity index (χ1) is 12.0. The Morgan fingerprint density at radius 3 is 2.88 bits per heavy atom. The largest absolute Gasteiger partial charge is 0.385 e. The number of halogens is 2. The van der Waals surface area contributed by atoms with Crippen molar-refractivity contribution in [2.75, 3.05) is 19.9 Å². The number of hydrogen-bond donors (Lipinski definition) is 1. The summed E-state index contributed by atoms with van der Waals surface area (Å²) < 4.78 is 19.8. The van der Waals surface area contributed by atoms with Gasteiger partial charge in [0, 0.05) is 16.4 Å². The summed E-state index contributed by atoms with van der Waals surface area (Å²) in [4.78, 5) is 25.1. The minimum atomic E-state index is -1.25. The molecule has 0 spiro atoms. The zero-order valence-electron chi connectivity index (χ0n) is 13.3. The van der Waals surface area contributed by atoms with Crippen molar-refractivity contribution in [3.8, 4) is 0 Å². The number of carbonyl (C=O) groups excluding carboxylic acids is 1. The molecule has 2 aromatic heterocycles. The fraction of sp³-hybridized carbons (Fsp3) is 0.294. The Balaban J connectivity index is 1.85. The number of pyridine rings is 2. The van der Waals surface area contributed by atoms with E-state index in [0.29, 0.717) is 17.1 Å². The van der Waals surface area contributed by atoms with Crippen molar-refractivity contribution in [2.45, 2.75) is 12.0 Å². The van der Waals surface area contributed by atoms with Crippen LogP contribution in [-0.2, 0) is 16.7 Å². The highest BCUT2D eigenvalue weighted by molar-refractivity contribution is 9.10. The Hall–Kier alpha value is -2.19. The topological polar surface area (TPSA) is 90.5 Å². The molecular formula is C17H16BrFN4O2. The first kappa shape index (κ1) is 17.6. The molecule has 3 heterocycles. The molecule has 0 saturated heterocycles. The molecule has 1 aliphatic heterocycles. The van der Waals surface area contributed by atoms with Gasteiger partial charge in [-0.05, 0) is 40.2 Å². The molecule has 8 heteroatoms. The van der Waals surface area contributed by atoms with E-state index in [0.717, 1.165) is 4.47 Å². The Morgan fingerprint density at radius 1 is 1.36 bits per heavy atom. The molecule has 0 fully saturated rings. The molecule has 6 nitrogen and oxygen atoms in total. The molecule has 1 aliphatic rings. The maximum atomic E-state index is 13.7. The molecule has 0 bridgehead atoms. The lowest BCUT2D eigenvalue weighted by atomic mass is 9.96. The second-order valence-electron chi connectivity index (χ2n) is 5.74. The van der Waals surface area contributed by atoms with Crippen LogP contribution in [0.1, 0.15) is 21.9 Å². The summed E-state index contributed by atoms with van der Waals surface area (Å²) in [6.45, 7) is -0.551. The molecule has 0 saturated carbocycles. The third-order valence-electron chi connectivity index (χ3n) is 3.81. The van der Waals surface area contributed by atoms with E-state index < -0.39 is 12.2 Å². The Bertz CT molecular complexity index is 813. The number of rotatable bonds is 5. The molecule has 25 heavy (non-hydrogen) atoms. The summed E-state index contributed by atoms with van der Waals surface area (Å²) in [6, 6.07) is 8.48. The van der Waals surface area contributed by atoms with Gasteiger partial charge in [-0.15, -0.1) is 0 Å². The Kier molecular flexibility index (Phi) is 5.19. The van der Waals surface area contributed by atoms with Crippen molar-refractivity contribution in [3.63, 3.8) is 0 Å². The number of nitrogens with two attached hydrogens (primary N) is 1. The van der Waals surface area contributed by atoms with Crippen molar-refractivity contribution in [1.29, 1.82) is 0 Å². The second kappa shape index (κ2) is 7.37. The second-order valence-corrected chi connectivity index (χ2v) is 6.65. The number of ether oxygens (including phenoxy) is 1. The van der Waals surface area contributed by atoms with Gasteiger partial charge in [0.05, 0.1) is 18.7 Å². The lowest BCUT2D eigenvalue weighted by Crippen LogP contribution is -2.42. The first-order valence-corrected chi connectivity index (χ1v) is 8.41. The van der Waals surface area contributed by atoms with Crippen LogP contribution in [0.5, 0.6) is 0 Å². The Morgan fingerprint density at radius 2 is 2.20 bits per heavy atom. The van der Waals surface area contributed by atoms with Crippen molar-refractivity contribution in [2.24, 2.45) is 10.7 Å². The molecular weight excluding hydrogens is 391 g/mol. The van der Waals surface area contributed by atoms with Crippen LogP contribution < -0.4 is 5.73 Å². The number of ketones is 1. The van der Waals surface area contributed by atoms with Gasteiger partial charge in [0.2, 0.25) is 0 Å². The zero-order chi connectivity index (χ0) is 17.9. The number of hydrogen-bond acceptors (Lipinski definition) is 6. The average Bonchev–Trinajstić information content (AvgIpc) is 2.62. The third kappa shape index (κ3) is 3.91. The van der Waals surface area contributed by atoms with Crippen LogP contribution >= 0.6 is 15.9 Å². The van der Waals surface area contributed by atoms with Crippen molar-refractivity contribution in [1.82, 2.24) is 9.97 Å². The standard InChI is InChI=1S/C17H16BrFN4O2/c18-11-4-5-13(21-7-11)14(24)6-12-2-1-3-15(22-12)17(9-19)10-25-8-16(20)23-17/h1-5,7H,6,8-10H2,(H2,20,23). The normalized spacial score (nSPS) is 20.2. The van der Waals surface area contributed by atoms with Gasteiger partial charge in [-0.2, -0.15) is 0 Å². The predicted octanol–water partition coefficient (Wildman–Crippen LogP) is 2.22. The van der Waals surface area contributed by atoms with Crippen molar-refractivity contribution >= 4 is 27.5 Å². The molecule has 1 unspecified atom stereocenters. The summed E-state index contributed by atoms with van der Waals surface area (Å²) in [5.41, 5.74) is 5.70. The van der Waals surface area contributed by atoms with E-state index in [1.54, 1.807) is 36.5 Å². The number of aliphatic imine (C=N–C) groups is 1. The van der Waals surface area contributed by atoms with Gasteiger partial charge in [0.25, 0.3) is 0 Å². The average molecular weight is 407 g/mol. The quantitative estimate of drug-likeness (QED) is 0.768. The first-order valence-electron chi connectivity index (χ1n) is 7.61. The molecule has 0 amide bonds. The van der Waals surface area contributed by atoms with E-state index in [9.17, 15) is 9.18 Å². The van der Waals surface area contributed by atoms with Crippen LogP contribution in [0.15, 0.2) is 46.0 Å². The maximum absolute atomic E-state index is 13.7. The summed E-state index contributed by atoms with van der Waals surface area (Å²) in [6.07, 6.45) is 1.62. The van der Waals surface area contributed by atoms with E-state index in [-0.39, 0.29) is 31.3 Å². The summed E-state index contributed by atoms with van der Waals surface area (Å²) in [5.74, 6) is 0.0561. The minimum absolute atomic E-state index is 0.0584. The van der Waals surface area contributed by atoms with Crippen LogP contribution in [0, 0.1) is 0 Å². The molecule has 0 aromatic carbocycles. The molecule has 2 N–H and O–H groups in total. The summed E-state index contributed by atoms with van der Waals surface area (Å²) in [5, 5.41) is 0. The maximum Gasteiger partial charge on any atom is 0.187 e. The lowest BCUT2D eigenvalue weighted by molar-refractivity contribution is 0.0805. The van der Waals surface area contributed by atoms with Crippen LogP contribution in [0.25, 0.3) is 0 Å². The predicted molar refractivity (Wildman–Crippen MR) is 94.3 cm³/mol. The van der Waals surface area contributed by atoms with Crippen LogP contribution in [0.2, 0.25) is 0 Å². The molecule has 0 aliphatic carbocycles. The van der Waals surface area contributed by atoms with Gasteiger partial charge in [0.15, 0.2) is 11.3 Å². The number of Topliss-reactive ketones (excluding diaryl/α,β-unsaturated/α-hetero) is 1. The van der Waals surface area contributed by atoms with Gasteiger partial charge in [-0.3, -0.25) is 19.8 Å². The molecule has 1 atom stereocenters. The summed E-state index contributed by atoms with van der Waals surface area (Å²) >= 11 is 3.28. The molecule has 2 aromatic rings. The summed E-state index contributed by atoms with van der Waals surface area (Å²) in [7, 11) is 0. The fourth-order valence-electron chi connectivity index (χ4n) is 2.57. The number of carbonyl (C=O) groups is 1. The number of amidine groups is 1. The van der Waals surface area contributed by atoms with E-state index in [1.165, 1.54) is 0 Å². The highest BCUT2D eigenvalue weighted by atomic mass is 79.9. The zero-order valence-corrected chi connectivity index (χ0v) is 14.9. The highest BCUT2D eigenvalue weighted by Crippen LogP contribution is 2.28. The third-order valence-corrected chi connectivity index (χ3v) is 4.28. The smallest absolute Gasteiger partial charge is 0.187 e. The van der Waals surface area contributed by atoms with Gasteiger partial charge in [-0.25, -0.2) is 4.39 Å². The monoisotopic (exact) mass is 406 g/mol. The lowest BCUT2D eigenvalue weighted by Gasteiger charge is -2.30. The van der Waals surface area contributed by atoms with Crippen LogP contribution in [-0.4, -0.2) is 41.5 Å².